The van der Waals surface area contributed by atoms with Gasteiger partial charge in [0.15, 0.2) is 0 Å². The van der Waals surface area contributed by atoms with E-state index in [9.17, 15) is 0 Å². The van der Waals surface area contributed by atoms with Crippen molar-refractivity contribution in [2.24, 2.45) is 0 Å². The van der Waals surface area contributed by atoms with Gasteiger partial charge in [-0.2, -0.15) is 4.98 Å². The number of aromatic nitrogens is 2. The van der Waals surface area contributed by atoms with Gasteiger partial charge in [0.2, 0.25) is 5.88 Å². The van der Waals surface area contributed by atoms with Crippen LogP contribution in [0.25, 0.3) is 0 Å². The molecule has 0 bridgehead atoms. The zero-order valence-corrected chi connectivity index (χ0v) is 12.6. The number of rotatable bonds is 9. The number of hydrogen-bond donors (Lipinski definition) is 1. The molecule has 1 heterocycles. The molecule has 0 spiro atoms. The first-order valence-electron chi connectivity index (χ1n) is 7.05. The fourth-order valence-electron chi connectivity index (χ4n) is 1.61. The third-order valence-corrected chi connectivity index (χ3v) is 2.61. The van der Waals surface area contributed by atoms with Crippen molar-refractivity contribution in [1.29, 1.82) is 0 Å². The van der Waals surface area contributed by atoms with Crippen LogP contribution in [0.5, 0.6) is 5.88 Å². The Bertz CT molecular complexity index is 368. The SMILES string of the molecule is CCCOc1cc(NCCCN(C)C)nc(CC)n1. The quantitative estimate of drug-likeness (QED) is 0.694. The molecule has 1 aromatic rings. The summed E-state index contributed by atoms with van der Waals surface area (Å²) in [5.41, 5.74) is 0. The molecule has 0 aliphatic carbocycles. The summed E-state index contributed by atoms with van der Waals surface area (Å²) in [5.74, 6) is 2.35. The van der Waals surface area contributed by atoms with E-state index < -0.39 is 0 Å². The van der Waals surface area contributed by atoms with Crippen LogP contribution in [-0.2, 0) is 6.42 Å². The average molecular weight is 266 g/mol. The van der Waals surface area contributed by atoms with Crippen LogP contribution >= 0.6 is 0 Å². The lowest BCUT2D eigenvalue weighted by molar-refractivity contribution is 0.304. The summed E-state index contributed by atoms with van der Waals surface area (Å²) in [7, 11) is 4.16. The van der Waals surface area contributed by atoms with Gasteiger partial charge in [-0.1, -0.05) is 13.8 Å². The van der Waals surface area contributed by atoms with E-state index in [0.29, 0.717) is 12.5 Å². The average Bonchev–Trinajstić information content (AvgIpc) is 2.41. The van der Waals surface area contributed by atoms with Crippen molar-refractivity contribution in [1.82, 2.24) is 14.9 Å². The normalized spacial score (nSPS) is 10.8. The van der Waals surface area contributed by atoms with Crippen molar-refractivity contribution < 1.29 is 4.74 Å². The van der Waals surface area contributed by atoms with Crippen molar-refractivity contribution in [3.63, 3.8) is 0 Å². The van der Waals surface area contributed by atoms with E-state index in [2.05, 4.69) is 48.1 Å². The smallest absolute Gasteiger partial charge is 0.218 e. The van der Waals surface area contributed by atoms with Gasteiger partial charge in [-0.3, -0.25) is 0 Å². The minimum atomic E-state index is 0.670. The molecule has 0 saturated carbocycles. The summed E-state index contributed by atoms with van der Waals surface area (Å²) in [4.78, 5) is 11.0. The maximum absolute atomic E-state index is 5.58. The van der Waals surface area contributed by atoms with Crippen molar-refractivity contribution in [3.8, 4) is 5.88 Å². The predicted molar refractivity (Wildman–Crippen MR) is 78.9 cm³/mol. The Morgan fingerprint density at radius 1 is 1.26 bits per heavy atom. The van der Waals surface area contributed by atoms with Crippen LogP contribution in [0.4, 0.5) is 5.82 Å². The molecule has 0 saturated heterocycles. The molecule has 0 amide bonds. The maximum Gasteiger partial charge on any atom is 0.218 e. The Balaban J connectivity index is 2.55. The summed E-state index contributed by atoms with van der Waals surface area (Å²) in [6, 6.07) is 1.88. The van der Waals surface area contributed by atoms with Gasteiger partial charge in [-0.25, -0.2) is 4.98 Å². The Kier molecular flexibility index (Phi) is 7.18. The summed E-state index contributed by atoms with van der Waals surface area (Å²) < 4.78 is 5.58. The second-order valence-electron chi connectivity index (χ2n) is 4.79. The monoisotopic (exact) mass is 266 g/mol. The highest BCUT2D eigenvalue weighted by atomic mass is 16.5. The van der Waals surface area contributed by atoms with E-state index in [1.54, 1.807) is 0 Å². The Morgan fingerprint density at radius 3 is 2.68 bits per heavy atom. The first kappa shape index (κ1) is 15.7. The van der Waals surface area contributed by atoms with E-state index >= 15 is 0 Å². The van der Waals surface area contributed by atoms with E-state index in [1.807, 2.05) is 6.07 Å². The number of anilines is 1. The molecule has 1 aromatic heterocycles. The standard InChI is InChI=1S/C14H26N4O/c1-5-10-19-14-11-13(16-12(6-2)17-14)15-8-7-9-18(3)4/h11H,5-10H2,1-4H3,(H,15,16,17). The largest absolute Gasteiger partial charge is 0.478 e. The van der Waals surface area contributed by atoms with Crippen LogP contribution in [0, 0.1) is 0 Å². The predicted octanol–water partition coefficient (Wildman–Crippen LogP) is 2.19. The Labute approximate surface area is 116 Å². The lowest BCUT2D eigenvalue weighted by Crippen LogP contribution is -2.17. The van der Waals surface area contributed by atoms with E-state index in [0.717, 1.165) is 44.0 Å². The van der Waals surface area contributed by atoms with Gasteiger partial charge < -0.3 is 15.0 Å². The number of ether oxygens (including phenoxy) is 1. The lowest BCUT2D eigenvalue weighted by atomic mass is 10.4. The molecule has 0 aliphatic heterocycles. The van der Waals surface area contributed by atoms with Crippen molar-refractivity contribution in [2.45, 2.75) is 33.1 Å². The zero-order chi connectivity index (χ0) is 14.1. The molecule has 1 N–H and O–H groups in total. The highest BCUT2D eigenvalue weighted by molar-refractivity contribution is 5.38. The molecule has 5 heteroatoms. The molecular formula is C14H26N4O. The minimum Gasteiger partial charge on any atom is -0.478 e. The van der Waals surface area contributed by atoms with Gasteiger partial charge in [0.25, 0.3) is 0 Å². The maximum atomic E-state index is 5.58. The first-order chi connectivity index (χ1) is 9.15. The molecule has 0 atom stereocenters. The van der Waals surface area contributed by atoms with Gasteiger partial charge in [0.1, 0.15) is 11.6 Å². The summed E-state index contributed by atoms with van der Waals surface area (Å²) in [6.07, 6.45) is 2.89. The first-order valence-corrected chi connectivity index (χ1v) is 7.05. The molecule has 0 unspecified atom stereocenters. The van der Waals surface area contributed by atoms with E-state index in [-0.39, 0.29) is 0 Å². The van der Waals surface area contributed by atoms with Crippen LogP contribution in [0.1, 0.15) is 32.5 Å². The highest BCUT2D eigenvalue weighted by Crippen LogP contribution is 2.14. The number of aryl methyl sites for hydroxylation is 1. The number of nitrogens with one attached hydrogen (secondary N) is 1. The Hall–Kier alpha value is -1.36. The van der Waals surface area contributed by atoms with E-state index in [4.69, 9.17) is 4.74 Å². The van der Waals surface area contributed by atoms with Crippen LogP contribution < -0.4 is 10.1 Å². The summed E-state index contributed by atoms with van der Waals surface area (Å²) in [6.45, 7) is 6.81. The van der Waals surface area contributed by atoms with Crippen molar-refractivity contribution in [2.75, 3.05) is 39.1 Å². The number of nitrogens with zero attached hydrogens (tertiary/aromatic N) is 3. The molecule has 0 fully saturated rings. The van der Waals surface area contributed by atoms with Gasteiger partial charge in [-0.05, 0) is 33.5 Å². The summed E-state index contributed by atoms with van der Waals surface area (Å²) >= 11 is 0. The van der Waals surface area contributed by atoms with Crippen LogP contribution in [0.2, 0.25) is 0 Å². The third kappa shape index (κ3) is 6.38. The van der Waals surface area contributed by atoms with Gasteiger partial charge in [0, 0.05) is 19.0 Å². The van der Waals surface area contributed by atoms with Crippen LogP contribution in [0.3, 0.4) is 0 Å². The topological polar surface area (TPSA) is 50.3 Å². The third-order valence-electron chi connectivity index (χ3n) is 2.61. The zero-order valence-electron chi connectivity index (χ0n) is 12.6. The second-order valence-corrected chi connectivity index (χ2v) is 4.79. The molecule has 5 nitrogen and oxygen atoms in total. The second kappa shape index (κ2) is 8.69. The Morgan fingerprint density at radius 2 is 2.05 bits per heavy atom. The molecular weight excluding hydrogens is 240 g/mol. The molecule has 0 radical (unpaired) electrons. The minimum absolute atomic E-state index is 0.670. The lowest BCUT2D eigenvalue weighted by Gasteiger charge is -2.12. The van der Waals surface area contributed by atoms with Crippen LogP contribution in [0.15, 0.2) is 6.07 Å². The highest BCUT2D eigenvalue weighted by Gasteiger charge is 2.04. The fraction of sp³-hybridized carbons (Fsp3) is 0.714. The van der Waals surface area contributed by atoms with Gasteiger partial charge >= 0.3 is 0 Å². The number of hydrogen-bond acceptors (Lipinski definition) is 5. The van der Waals surface area contributed by atoms with E-state index in [1.165, 1.54) is 0 Å². The fourth-order valence-corrected chi connectivity index (χ4v) is 1.61. The van der Waals surface area contributed by atoms with Crippen LogP contribution in [-0.4, -0.2) is 48.7 Å². The van der Waals surface area contributed by atoms with Gasteiger partial charge in [-0.15, -0.1) is 0 Å². The molecule has 0 aliphatic rings. The summed E-state index contributed by atoms with van der Waals surface area (Å²) in [5, 5.41) is 3.33. The van der Waals surface area contributed by atoms with Crippen molar-refractivity contribution in [3.05, 3.63) is 11.9 Å². The van der Waals surface area contributed by atoms with Gasteiger partial charge in [0.05, 0.1) is 6.61 Å². The molecule has 0 aromatic carbocycles. The molecule has 108 valence electrons. The molecule has 1 rings (SSSR count). The van der Waals surface area contributed by atoms with Crippen molar-refractivity contribution >= 4 is 5.82 Å². The molecule has 19 heavy (non-hydrogen) atoms.